The first kappa shape index (κ1) is 50.7. The number of hydrogen-bond donors (Lipinski definition) is 4. The van der Waals surface area contributed by atoms with Gasteiger partial charge in [-0.05, 0) is 87.1 Å². The van der Waals surface area contributed by atoms with Crippen LogP contribution >= 0.6 is 0 Å². The molecule has 0 amide bonds. The number of phenols is 2. The van der Waals surface area contributed by atoms with E-state index < -0.39 is 11.9 Å². The van der Waals surface area contributed by atoms with Crippen molar-refractivity contribution in [1.82, 2.24) is 0 Å². The molecule has 6 nitrogen and oxygen atoms in total. The third kappa shape index (κ3) is 37.1. The largest absolute Gasteiger partial charge is 0.508 e. The summed E-state index contributed by atoms with van der Waals surface area (Å²) in [5.74, 6) is -0.102. The molecule has 1 unspecified atom stereocenters. The minimum absolute atomic E-state index is 0.300. The minimum Gasteiger partial charge on any atom is -0.508 e. The number of aromatic hydroxyl groups is 2. The second-order valence-electron chi connectivity index (χ2n) is 15.0. The van der Waals surface area contributed by atoms with E-state index in [1.807, 2.05) is 6.07 Å². The van der Waals surface area contributed by atoms with E-state index in [0.717, 1.165) is 32.1 Å². The highest BCUT2D eigenvalue weighted by atomic mass is 16.4. The topological polar surface area (TPSA) is 115 Å². The van der Waals surface area contributed by atoms with E-state index in [1.54, 1.807) is 36.4 Å². The molecular weight excluding hydrogens is 673 g/mol. The molecule has 308 valence electrons. The Hall–Kier alpha value is -3.28. The van der Waals surface area contributed by atoms with Crippen molar-refractivity contribution in [3.05, 3.63) is 72.3 Å². The summed E-state index contributed by atoms with van der Waals surface area (Å²) < 4.78 is 0. The average molecular weight is 753 g/mol. The fourth-order valence-electron chi connectivity index (χ4n) is 6.54. The minimum atomic E-state index is -0.683. The van der Waals surface area contributed by atoms with E-state index in [-0.39, 0.29) is 0 Å². The zero-order valence-electron chi connectivity index (χ0n) is 34.5. The maximum absolute atomic E-state index is 10.5. The quantitative estimate of drug-likeness (QED) is 0.0437. The van der Waals surface area contributed by atoms with Crippen LogP contribution in [0.3, 0.4) is 0 Å². The van der Waals surface area contributed by atoms with Crippen LogP contribution in [-0.4, -0.2) is 32.4 Å². The number of phenolic OH excluding ortho intramolecular Hbond substituents is 2. The summed E-state index contributed by atoms with van der Waals surface area (Å²) in [6, 6.07) is 16.5. The molecule has 0 fully saturated rings. The van der Waals surface area contributed by atoms with Gasteiger partial charge < -0.3 is 20.4 Å². The summed E-state index contributed by atoms with van der Waals surface area (Å²) in [5, 5.41) is 35.4. The van der Waals surface area contributed by atoms with Crippen LogP contribution < -0.4 is 0 Å². The molecule has 0 aliphatic heterocycles. The third-order valence-corrected chi connectivity index (χ3v) is 9.87. The van der Waals surface area contributed by atoms with Gasteiger partial charge in [0.2, 0.25) is 0 Å². The number of allylic oxidation sites excluding steroid dienone is 2. The Bertz CT molecular complexity index is 1110. The number of carboxylic acid groups (broad SMARTS) is 2. The van der Waals surface area contributed by atoms with Crippen LogP contribution in [0.25, 0.3) is 0 Å². The van der Waals surface area contributed by atoms with Gasteiger partial charge in [-0.15, -0.1) is 0 Å². The highest BCUT2D eigenvalue weighted by molar-refractivity contribution is 5.66. The molecule has 0 spiro atoms. The molecule has 1 atom stereocenters. The normalized spacial score (nSPS) is 11.4. The van der Waals surface area contributed by atoms with Crippen molar-refractivity contribution in [3.8, 4) is 11.5 Å². The van der Waals surface area contributed by atoms with Crippen LogP contribution in [0.5, 0.6) is 11.5 Å². The Morgan fingerprint density at radius 3 is 1.19 bits per heavy atom. The first-order chi connectivity index (χ1) is 26.3. The van der Waals surface area contributed by atoms with Gasteiger partial charge in [-0.25, -0.2) is 0 Å². The van der Waals surface area contributed by atoms with Crippen LogP contribution in [0.4, 0.5) is 0 Å². The highest BCUT2D eigenvalue weighted by Crippen LogP contribution is 2.30. The number of aliphatic carboxylic acids is 2. The molecule has 6 heteroatoms. The van der Waals surface area contributed by atoms with E-state index in [9.17, 15) is 14.7 Å². The third-order valence-electron chi connectivity index (χ3n) is 9.87. The fraction of sp³-hybridized carbons (Fsp3) is 0.667. The second-order valence-corrected chi connectivity index (χ2v) is 15.0. The molecule has 2 rings (SSSR count). The number of carboxylic acids is 2. The lowest BCUT2D eigenvalue weighted by Crippen LogP contribution is -2.00. The molecule has 0 radical (unpaired) electrons. The van der Waals surface area contributed by atoms with Gasteiger partial charge in [0.05, 0.1) is 0 Å². The van der Waals surface area contributed by atoms with E-state index in [2.05, 4.69) is 38.1 Å². The summed E-state index contributed by atoms with van der Waals surface area (Å²) in [7, 11) is 0. The summed E-state index contributed by atoms with van der Waals surface area (Å²) in [6.45, 7) is 4.52. The van der Waals surface area contributed by atoms with Crippen LogP contribution in [0.1, 0.15) is 212 Å². The Labute approximate surface area is 330 Å². The molecule has 0 aromatic heterocycles. The summed E-state index contributed by atoms with van der Waals surface area (Å²) >= 11 is 0. The first-order valence-electron chi connectivity index (χ1n) is 21.9. The number of unbranched alkanes of at least 4 members (excludes halogenated alkanes) is 21. The van der Waals surface area contributed by atoms with Crippen molar-refractivity contribution >= 4 is 11.9 Å². The van der Waals surface area contributed by atoms with Gasteiger partial charge in [-0.3, -0.25) is 9.59 Å². The van der Waals surface area contributed by atoms with E-state index >= 15 is 0 Å². The van der Waals surface area contributed by atoms with Crippen molar-refractivity contribution in [2.24, 2.45) is 0 Å². The van der Waals surface area contributed by atoms with Crippen molar-refractivity contribution in [3.63, 3.8) is 0 Å². The maximum Gasteiger partial charge on any atom is 0.303 e. The summed E-state index contributed by atoms with van der Waals surface area (Å²) in [4.78, 5) is 20.9. The van der Waals surface area contributed by atoms with Crippen LogP contribution in [0, 0.1) is 0 Å². The lowest BCUT2D eigenvalue weighted by atomic mass is 9.88. The smallest absolute Gasteiger partial charge is 0.303 e. The number of rotatable bonds is 32. The van der Waals surface area contributed by atoms with Crippen LogP contribution in [0.15, 0.2) is 66.7 Å². The monoisotopic (exact) mass is 753 g/mol. The highest BCUT2D eigenvalue weighted by Gasteiger charge is 2.11. The Balaban J connectivity index is 0.000000905. The lowest BCUT2D eigenvalue weighted by Gasteiger charge is -2.18. The van der Waals surface area contributed by atoms with Crippen LogP contribution in [-0.2, 0) is 9.59 Å². The SMILES string of the molecule is CCCCCCCC/C=C\CCCCCCCC(=O)O.CCCCCCCCCC(CCCCCCCC(=O)O)c1ccc(O)cc1.Oc1ccccc1. The predicted octanol–water partition coefficient (Wildman–Crippen LogP) is 14.9. The maximum atomic E-state index is 10.5. The molecule has 0 saturated heterocycles. The van der Waals surface area contributed by atoms with Crippen molar-refractivity contribution in [1.29, 1.82) is 0 Å². The molecule has 0 saturated carbocycles. The molecule has 0 heterocycles. The lowest BCUT2D eigenvalue weighted by molar-refractivity contribution is -0.138. The fourth-order valence-corrected chi connectivity index (χ4v) is 6.54. The molecule has 0 aliphatic rings. The van der Waals surface area contributed by atoms with E-state index in [1.165, 1.54) is 147 Å². The van der Waals surface area contributed by atoms with E-state index in [0.29, 0.717) is 30.3 Å². The molecule has 4 N–H and O–H groups in total. The van der Waals surface area contributed by atoms with Crippen molar-refractivity contribution in [2.45, 2.75) is 206 Å². The number of para-hydroxylation sites is 1. The van der Waals surface area contributed by atoms with Gasteiger partial charge in [0.25, 0.3) is 0 Å². The molecule has 2 aromatic rings. The number of hydrogen-bond acceptors (Lipinski definition) is 4. The zero-order chi connectivity index (χ0) is 39.7. The molecule has 0 aliphatic carbocycles. The Morgan fingerprint density at radius 1 is 0.463 bits per heavy atom. The van der Waals surface area contributed by atoms with Crippen LogP contribution in [0.2, 0.25) is 0 Å². The van der Waals surface area contributed by atoms with Gasteiger partial charge in [-0.2, -0.15) is 0 Å². The zero-order valence-corrected chi connectivity index (χ0v) is 34.5. The number of carbonyl (C=O) groups is 2. The molecular formula is C48H80O6. The molecule has 54 heavy (non-hydrogen) atoms. The van der Waals surface area contributed by atoms with Gasteiger partial charge in [0.1, 0.15) is 11.5 Å². The number of benzene rings is 2. The standard InChI is InChI=1S/C24H40O3.C18H34O2.C6H6O/c1-2-3-4-5-6-8-11-14-21(22-17-19-23(25)20-18-22)15-12-9-7-10-13-16-24(26)27;1-2-3-4-5-6-7-8-9-10-11-12-13-14-15-16-17-18(19)20;7-6-4-2-1-3-5-6/h17-21,25H,2-16H2,1H3,(H,26,27);9-10H,2-8,11-17H2,1H3,(H,19,20);1-5,7H/b;10-9-;. The Kier molecular flexibility index (Phi) is 37.0. The molecule has 2 aromatic carbocycles. The molecule has 0 bridgehead atoms. The van der Waals surface area contributed by atoms with Gasteiger partial charge in [0, 0.05) is 12.8 Å². The van der Waals surface area contributed by atoms with Gasteiger partial charge >= 0.3 is 11.9 Å². The summed E-state index contributed by atoms with van der Waals surface area (Å²) in [5.41, 5.74) is 1.35. The van der Waals surface area contributed by atoms with Gasteiger partial charge in [0.15, 0.2) is 0 Å². The van der Waals surface area contributed by atoms with Gasteiger partial charge in [-0.1, -0.05) is 178 Å². The van der Waals surface area contributed by atoms with Crippen molar-refractivity contribution in [2.75, 3.05) is 0 Å². The first-order valence-corrected chi connectivity index (χ1v) is 21.9. The Morgan fingerprint density at radius 2 is 0.815 bits per heavy atom. The van der Waals surface area contributed by atoms with E-state index in [4.69, 9.17) is 15.3 Å². The predicted molar refractivity (Wildman–Crippen MR) is 229 cm³/mol. The average Bonchev–Trinajstić information content (AvgIpc) is 3.16. The second kappa shape index (κ2) is 39.4. The summed E-state index contributed by atoms with van der Waals surface area (Å²) in [6.07, 6.45) is 38.7. The van der Waals surface area contributed by atoms with Crippen molar-refractivity contribution < 1.29 is 30.0 Å².